The van der Waals surface area contributed by atoms with Crippen LogP contribution in [0.1, 0.15) is 196 Å². The molecule has 68 heavy (non-hydrogen) atoms. The number of carbonyl (C=O) groups is 8. The molecule has 0 radical (unpaired) electrons. The molecule has 3 atom stereocenters. The Labute approximate surface area is 405 Å². The van der Waals surface area contributed by atoms with E-state index in [-0.39, 0.29) is 75.0 Å². The molecule has 4 fully saturated rings. The van der Waals surface area contributed by atoms with Crippen molar-refractivity contribution in [2.75, 3.05) is 0 Å². The van der Waals surface area contributed by atoms with Gasteiger partial charge in [0.1, 0.15) is 11.5 Å². The predicted molar refractivity (Wildman–Crippen MR) is 256 cm³/mol. The van der Waals surface area contributed by atoms with Gasteiger partial charge in [0.25, 0.3) is 0 Å². The molecule has 0 aliphatic carbocycles. The summed E-state index contributed by atoms with van der Waals surface area (Å²) < 4.78 is 6.39. The molecule has 0 aromatic heterocycles. The van der Waals surface area contributed by atoms with Gasteiger partial charge in [0.2, 0.25) is 23.6 Å². The highest BCUT2D eigenvalue weighted by Gasteiger charge is 2.77. The number of esters is 1. The van der Waals surface area contributed by atoms with Gasteiger partial charge >= 0.3 is 23.9 Å². The molecule has 16 nitrogen and oxygen atoms in total. The van der Waals surface area contributed by atoms with E-state index >= 15 is 14.4 Å². The van der Waals surface area contributed by atoms with Crippen molar-refractivity contribution in [3.63, 3.8) is 0 Å². The molecule has 0 aromatic rings. The first-order valence-electron chi connectivity index (χ1n) is 24.5. The van der Waals surface area contributed by atoms with Crippen LogP contribution in [0.25, 0.3) is 0 Å². The molecule has 4 heterocycles. The van der Waals surface area contributed by atoms with Crippen molar-refractivity contribution in [2.24, 2.45) is 34.5 Å². The molecule has 4 aliphatic heterocycles. The minimum absolute atomic E-state index is 0.0140. The number of carboxylic acid groups (broad SMARTS) is 3. The van der Waals surface area contributed by atoms with Crippen LogP contribution in [-0.2, 0) is 43.1 Å². The van der Waals surface area contributed by atoms with Crippen molar-refractivity contribution in [3.05, 3.63) is 0 Å². The van der Waals surface area contributed by atoms with Crippen molar-refractivity contribution < 1.29 is 58.4 Å². The van der Waals surface area contributed by atoms with Crippen LogP contribution >= 0.6 is 0 Å². The minimum Gasteiger partial charge on any atom is -0.481 e. The molecule has 0 spiro atoms. The third-order valence-corrected chi connectivity index (χ3v) is 16.8. The largest absolute Gasteiger partial charge is 0.481 e. The summed E-state index contributed by atoms with van der Waals surface area (Å²) in [5.74, 6) is -12.6. The van der Waals surface area contributed by atoms with Gasteiger partial charge in [0.05, 0.1) is 17.8 Å². The minimum atomic E-state index is -2.82. The molecular formula is C52H86N4O12. The van der Waals surface area contributed by atoms with Crippen LogP contribution in [0.2, 0.25) is 0 Å². The lowest BCUT2D eigenvalue weighted by Gasteiger charge is -2.66. The first kappa shape index (κ1) is 56.3. The summed E-state index contributed by atoms with van der Waals surface area (Å²) >= 11 is 0. The van der Waals surface area contributed by atoms with Crippen molar-refractivity contribution in [1.29, 1.82) is 0 Å². The Morgan fingerprint density at radius 3 is 1.00 bits per heavy atom. The number of likely N-dealkylation sites (tertiary alicyclic amines) is 4. The van der Waals surface area contributed by atoms with E-state index in [1.165, 1.54) is 27.7 Å². The number of hydrogen-bond acceptors (Lipinski definition) is 9. The molecule has 0 saturated carbocycles. The molecule has 386 valence electrons. The molecule has 0 aromatic carbocycles. The van der Waals surface area contributed by atoms with Gasteiger partial charge in [-0.25, -0.2) is 0 Å². The summed E-state index contributed by atoms with van der Waals surface area (Å²) in [7, 11) is 0. The number of aliphatic carboxylic acids is 3. The fourth-order valence-corrected chi connectivity index (χ4v) is 17.2. The summed E-state index contributed by atoms with van der Waals surface area (Å²) in [6.45, 7) is 34.5. The van der Waals surface area contributed by atoms with Gasteiger partial charge in [0, 0.05) is 84.8 Å². The summed E-state index contributed by atoms with van der Waals surface area (Å²) in [4.78, 5) is 122. The van der Waals surface area contributed by atoms with Gasteiger partial charge in [-0.15, -0.1) is 0 Å². The van der Waals surface area contributed by atoms with Gasteiger partial charge in [0.15, 0.2) is 0 Å². The zero-order valence-electron chi connectivity index (χ0n) is 45.1. The van der Waals surface area contributed by atoms with Crippen LogP contribution in [0.4, 0.5) is 0 Å². The number of nitrogens with zero attached hydrogens (tertiary/aromatic N) is 4. The quantitative estimate of drug-likeness (QED) is 0.169. The Kier molecular flexibility index (Phi) is 14.6. The van der Waals surface area contributed by atoms with Gasteiger partial charge in [-0.1, -0.05) is 0 Å². The smallest absolute Gasteiger partial charge is 0.312 e. The summed E-state index contributed by atoms with van der Waals surface area (Å²) in [5.41, 5.74) is -13.8. The SMILES string of the molecule is CC(=O)N1C(C)(C)CC(OC(=O)CC(C(=O)O)(C2CC(C)(C)N(C(C)=O)C(C)(C)C2)C(C(=O)O)(C2CC(C)(C)N(C(C)=O)C(C)(C)C2)C(C(=O)O)C2CC(C)(C)N(C(C)=O)C(C)(C)C2)CC1(C)C. The lowest BCUT2D eigenvalue weighted by Crippen LogP contribution is -2.74. The van der Waals surface area contributed by atoms with Crippen LogP contribution in [0, 0.1) is 34.5 Å². The Balaban J connectivity index is 2.24. The monoisotopic (exact) mass is 959 g/mol. The van der Waals surface area contributed by atoms with E-state index in [0.717, 1.165) is 0 Å². The Hall–Kier alpha value is -4.24. The number of carbonyl (C=O) groups excluding carboxylic acids is 5. The van der Waals surface area contributed by atoms with Crippen LogP contribution in [-0.4, -0.2) is 133 Å². The normalized spacial score (nSPS) is 26.6. The molecule has 4 rings (SSSR count). The lowest BCUT2D eigenvalue weighted by atomic mass is 9.40. The van der Waals surface area contributed by atoms with E-state index in [1.54, 1.807) is 103 Å². The van der Waals surface area contributed by atoms with Crippen LogP contribution in [0.3, 0.4) is 0 Å². The van der Waals surface area contributed by atoms with Crippen LogP contribution in [0.5, 0.6) is 0 Å². The molecule has 4 amide bonds. The fraction of sp³-hybridized carbons (Fsp3) is 0.846. The molecule has 0 bridgehead atoms. The predicted octanol–water partition coefficient (Wildman–Crippen LogP) is 7.78. The maximum atomic E-state index is 15.6. The van der Waals surface area contributed by atoms with Crippen LogP contribution in [0.15, 0.2) is 0 Å². The Morgan fingerprint density at radius 2 is 0.735 bits per heavy atom. The van der Waals surface area contributed by atoms with Gasteiger partial charge < -0.3 is 39.7 Å². The summed E-state index contributed by atoms with van der Waals surface area (Å²) in [6.07, 6.45) is -2.04. The van der Waals surface area contributed by atoms with E-state index in [4.69, 9.17) is 4.74 Å². The van der Waals surface area contributed by atoms with Crippen molar-refractivity contribution in [2.45, 2.75) is 247 Å². The highest BCUT2D eigenvalue weighted by molar-refractivity contribution is 5.95. The summed E-state index contributed by atoms with van der Waals surface area (Å²) in [6, 6.07) is 0. The number of amides is 4. The van der Waals surface area contributed by atoms with Crippen LogP contribution < -0.4 is 0 Å². The third-order valence-electron chi connectivity index (χ3n) is 16.8. The topological polar surface area (TPSA) is 219 Å². The molecule has 16 heteroatoms. The zero-order valence-corrected chi connectivity index (χ0v) is 45.1. The maximum Gasteiger partial charge on any atom is 0.312 e. The third kappa shape index (κ3) is 9.40. The molecule has 4 saturated heterocycles. The van der Waals surface area contributed by atoms with Crippen molar-refractivity contribution in [3.8, 4) is 0 Å². The molecule has 3 N–H and O–H groups in total. The number of piperidine rings is 4. The molecule has 3 unspecified atom stereocenters. The van der Waals surface area contributed by atoms with E-state index in [2.05, 4.69) is 0 Å². The summed E-state index contributed by atoms with van der Waals surface area (Å²) in [5, 5.41) is 37.3. The highest BCUT2D eigenvalue weighted by atomic mass is 16.5. The highest BCUT2D eigenvalue weighted by Crippen LogP contribution is 2.68. The second-order valence-corrected chi connectivity index (χ2v) is 26.3. The Morgan fingerprint density at radius 1 is 0.456 bits per heavy atom. The van der Waals surface area contributed by atoms with Gasteiger partial charge in [-0.2, -0.15) is 0 Å². The van der Waals surface area contributed by atoms with Crippen molar-refractivity contribution >= 4 is 47.5 Å². The first-order chi connectivity index (χ1) is 30.3. The van der Waals surface area contributed by atoms with Gasteiger partial charge in [-0.3, -0.25) is 38.4 Å². The van der Waals surface area contributed by atoms with E-state index in [9.17, 15) is 39.3 Å². The van der Waals surface area contributed by atoms with E-state index in [0.29, 0.717) is 0 Å². The van der Waals surface area contributed by atoms with E-state index < -0.39 is 115 Å². The second kappa shape index (κ2) is 17.6. The lowest BCUT2D eigenvalue weighted by molar-refractivity contribution is -0.232. The second-order valence-electron chi connectivity index (χ2n) is 26.3. The number of ether oxygens (including phenoxy) is 1. The fourth-order valence-electron chi connectivity index (χ4n) is 17.2. The van der Waals surface area contributed by atoms with Gasteiger partial charge in [-0.05, 0) is 167 Å². The number of carboxylic acids is 3. The molecule has 4 aliphatic rings. The average molecular weight is 959 g/mol. The number of rotatable bonds is 11. The Bertz CT molecular complexity index is 2010. The standard InChI is InChI=1S/C52H86N4O12/c1-30(57)53-43(5,6)21-34(22-44(53,7)8)39(40(62)63)52(42(66)67,36-25-47(13,14)55(32(3)59)48(15,16)26-36)51(41(64)65,35-23-45(9,10)54(31(2)58)46(11,12)24-35)29-38(61)68-37-27-49(17,18)56(33(4)60)50(19,20)28-37/h34-37,39H,21-29H2,1-20H3,(H,62,63)(H,64,65)(H,66,67). The molecular weight excluding hydrogens is 873 g/mol. The zero-order chi connectivity index (χ0) is 52.9. The van der Waals surface area contributed by atoms with Crippen molar-refractivity contribution in [1.82, 2.24) is 19.6 Å². The average Bonchev–Trinajstić information content (AvgIpc) is 3.03. The maximum absolute atomic E-state index is 15.6. The van der Waals surface area contributed by atoms with E-state index in [1.807, 2.05) is 27.7 Å². The first-order valence-corrected chi connectivity index (χ1v) is 24.5. The number of hydrogen-bond donors (Lipinski definition) is 3.